The van der Waals surface area contributed by atoms with Crippen LogP contribution in [0.2, 0.25) is 5.02 Å². The van der Waals surface area contributed by atoms with Crippen molar-refractivity contribution in [1.82, 2.24) is 5.32 Å². The van der Waals surface area contributed by atoms with Gasteiger partial charge in [0.2, 0.25) is 0 Å². The fourth-order valence-electron chi connectivity index (χ4n) is 1.16. The molecule has 3 nitrogen and oxygen atoms in total. The molecule has 0 radical (unpaired) electrons. The first-order chi connectivity index (χ1) is 8.15. The van der Waals surface area contributed by atoms with E-state index in [0.717, 1.165) is 0 Å². The van der Waals surface area contributed by atoms with Gasteiger partial charge in [-0.1, -0.05) is 11.6 Å². The maximum Gasteiger partial charge on any atom is 0.252 e. The highest BCUT2D eigenvalue weighted by atomic mass is 79.9. The summed E-state index contributed by atoms with van der Waals surface area (Å²) in [7, 11) is 0. The molecule has 0 aliphatic heterocycles. The van der Waals surface area contributed by atoms with Crippen molar-refractivity contribution < 1.29 is 9.53 Å². The third kappa shape index (κ3) is 5.25. The predicted octanol–water partition coefficient (Wildman–Crippen LogP) is 3.09. The molecule has 0 heterocycles. The molecule has 0 aliphatic rings. The Morgan fingerprint density at radius 2 is 2.18 bits per heavy atom. The SMILES string of the molecule is O=C(NCCOCCCl)c1ccc(Cl)cc1Br. The highest BCUT2D eigenvalue weighted by Crippen LogP contribution is 2.21. The molecule has 0 saturated carbocycles. The lowest BCUT2D eigenvalue weighted by Gasteiger charge is -2.07. The Hall–Kier alpha value is -0.290. The maximum absolute atomic E-state index is 11.7. The topological polar surface area (TPSA) is 38.3 Å². The second-order valence-corrected chi connectivity index (χ2v) is 4.85. The Labute approximate surface area is 119 Å². The zero-order valence-electron chi connectivity index (χ0n) is 9.01. The van der Waals surface area contributed by atoms with Gasteiger partial charge in [0.05, 0.1) is 18.8 Å². The fraction of sp³-hybridized carbons (Fsp3) is 0.364. The van der Waals surface area contributed by atoms with Gasteiger partial charge in [0, 0.05) is 21.9 Å². The molecule has 0 bridgehead atoms. The number of ether oxygens (including phenoxy) is 1. The second kappa shape index (κ2) is 7.93. The second-order valence-electron chi connectivity index (χ2n) is 3.18. The summed E-state index contributed by atoms with van der Waals surface area (Å²) in [5.41, 5.74) is 0.548. The van der Waals surface area contributed by atoms with Gasteiger partial charge in [0.1, 0.15) is 0 Å². The minimum atomic E-state index is -0.164. The Balaban J connectivity index is 2.42. The van der Waals surface area contributed by atoms with Crippen LogP contribution >= 0.6 is 39.1 Å². The highest BCUT2D eigenvalue weighted by molar-refractivity contribution is 9.10. The van der Waals surface area contributed by atoms with Crippen molar-refractivity contribution in [3.63, 3.8) is 0 Å². The smallest absolute Gasteiger partial charge is 0.252 e. The summed E-state index contributed by atoms with van der Waals surface area (Å²) in [6, 6.07) is 5.02. The van der Waals surface area contributed by atoms with Crippen LogP contribution in [0.5, 0.6) is 0 Å². The molecule has 0 spiro atoms. The van der Waals surface area contributed by atoms with Gasteiger partial charge in [0.25, 0.3) is 5.91 Å². The van der Waals surface area contributed by atoms with Gasteiger partial charge < -0.3 is 10.1 Å². The third-order valence-corrected chi connectivity index (χ3v) is 2.97. The van der Waals surface area contributed by atoms with E-state index in [1.165, 1.54) is 0 Å². The molecule has 1 N–H and O–H groups in total. The van der Waals surface area contributed by atoms with Crippen molar-refractivity contribution in [1.29, 1.82) is 0 Å². The summed E-state index contributed by atoms with van der Waals surface area (Å²) >= 11 is 14.5. The van der Waals surface area contributed by atoms with Crippen molar-refractivity contribution in [2.24, 2.45) is 0 Å². The first-order valence-corrected chi connectivity index (χ1v) is 6.72. The molecule has 1 rings (SSSR count). The Morgan fingerprint density at radius 1 is 1.41 bits per heavy atom. The summed E-state index contributed by atoms with van der Waals surface area (Å²) in [6.07, 6.45) is 0. The first-order valence-electron chi connectivity index (χ1n) is 5.02. The van der Waals surface area contributed by atoms with Gasteiger partial charge in [0.15, 0.2) is 0 Å². The molecule has 0 atom stereocenters. The largest absolute Gasteiger partial charge is 0.378 e. The highest BCUT2D eigenvalue weighted by Gasteiger charge is 2.09. The number of carbonyl (C=O) groups is 1. The van der Waals surface area contributed by atoms with Crippen molar-refractivity contribution in [2.45, 2.75) is 0 Å². The lowest BCUT2D eigenvalue weighted by molar-refractivity contribution is 0.0923. The average Bonchev–Trinajstić information content (AvgIpc) is 2.28. The fourth-order valence-corrected chi connectivity index (χ4v) is 2.13. The van der Waals surface area contributed by atoms with Crippen LogP contribution in [0.1, 0.15) is 10.4 Å². The summed E-state index contributed by atoms with van der Waals surface area (Å²) in [4.78, 5) is 11.7. The number of carbonyl (C=O) groups excluding carboxylic acids is 1. The molecular formula is C11H12BrCl2NO2. The Bertz CT molecular complexity index is 388. The van der Waals surface area contributed by atoms with Crippen LogP contribution in [0.3, 0.4) is 0 Å². The molecule has 0 unspecified atom stereocenters. The molecule has 0 aliphatic carbocycles. The number of amides is 1. The zero-order valence-corrected chi connectivity index (χ0v) is 12.1. The van der Waals surface area contributed by atoms with Crippen LogP contribution in [0.15, 0.2) is 22.7 Å². The molecule has 1 aromatic carbocycles. The van der Waals surface area contributed by atoms with E-state index in [1.807, 2.05) is 0 Å². The Morgan fingerprint density at radius 3 is 2.82 bits per heavy atom. The third-order valence-electron chi connectivity index (χ3n) is 1.93. The summed E-state index contributed by atoms with van der Waals surface area (Å²) in [5.74, 6) is 0.291. The van der Waals surface area contributed by atoms with Gasteiger partial charge in [-0.2, -0.15) is 0 Å². The van der Waals surface area contributed by atoms with Gasteiger partial charge in [-0.05, 0) is 34.1 Å². The molecule has 17 heavy (non-hydrogen) atoms. The minimum absolute atomic E-state index is 0.164. The van der Waals surface area contributed by atoms with E-state index in [1.54, 1.807) is 18.2 Å². The number of hydrogen-bond donors (Lipinski definition) is 1. The Kier molecular flexibility index (Phi) is 6.89. The number of halogens is 3. The van der Waals surface area contributed by atoms with Gasteiger partial charge >= 0.3 is 0 Å². The minimum Gasteiger partial charge on any atom is -0.378 e. The van der Waals surface area contributed by atoms with Crippen molar-refractivity contribution >= 4 is 45.0 Å². The van der Waals surface area contributed by atoms with Crippen molar-refractivity contribution in [3.05, 3.63) is 33.3 Å². The standard InChI is InChI=1S/C11H12BrCl2NO2/c12-10-7-8(14)1-2-9(10)11(16)15-4-6-17-5-3-13/h1-2,7H,3-6H2,(H,15,16). The molecule has 1 aromatic rings. The number of benzene rings is 1. The van der Waals surface area contributed by atoms with E-state index in [-0.39, 0.29) is 5.91 Å². The molecule has 0 fully saturated rings. The van der Waals surface area contributed by atoms with Crippen LogP contribution in [-0.2, 0) is 4.74 Å². The number of nitrogens with one attached hydrogen (secondary N) is 1. The number of alkyl halides is 1. The van der Waals surface area contributed by atoms with E-state index < -0.39 is 0 Å². The first kappa shape index (κ1) is 14.8. The number of rotatable bonds is 6. The lowest BCUT2D eigenvalue weighted by Crippen LogP contribution is -2.27. The van der Waals surface area contributed by atoms with Gasteiger partial charge in [-0.25, -0.2) is 0 Å². The van der Waals surface area contributed by atoms with Crippen LogP contribution in [0, 0.1) is 0 Å². The van der Waals surface area contributed by atoms with Crippen LogP contribution < -0.4 is 5.32 Å². The molecular weight excluding hydrogens is 329 g/mol. The van der Waals surface area contributed by atoms with Gasteiger partial charge in [-0.3, -0.25) is 4.79 Å². The quantitative estimate of drug-likeness (QED) is 0.638. The molecule has 6 heteroatoms. The molecule has 1 amide bonds. The van der Waals surface area contributed by atoms with E-state index in [0.29, 0.717) is 40.7 Å². The summed E-state index contributed by atoms with van der Waals surface area (Å²) in [5, 5.41) is 3.32. The molecule has 0 aromatic heterocycles. The molecule has 94 valence electrons. The van der Waals surface area contributed by atoms with Crippen LogP contribution in [0.4, 0.5) is 0 Å². The predicted molar refractivity (Wildman–Crippen MR) is 73.0 cm³/mol. The van der Waals surface area contributed by atoms with Gasteiger partial charge in [-0.15, -0.1) is 11.6 Å². The van der Waals surface area contributed by atoms with E-state index >= 15 is 0 Å². The van der Waals surface area contributed by atoms with Crippen molar-refractivity contribution in [3.8, 4) is 0 Å². The van der Waals surface area contributed by atoms with E-state index in [9.17, 15) is 4.79 Å². The van der Waals surface area contributed by atoms with E-state index in [2.05, 4.69) is 21.2 Å². The number of hydrogen-bond acceptors (Lipinski definition) is 2. The van der Waals surface area contributed by atoms with E-state index in [4.69, 9.17) is 27.9 Å². The van der Waals surface area contributed by atoms with Crippen molar-refractivity contribution in [2.75, 3.05) is 25.6 Å². The van der Waals surface area contributed by atoms with Crippen LogP contribution in [0.25, 0.3) is 0 Å². The normalized spacial score (nSPS) is 10.3. The molecule has 0 saturated heterocycles. The monoisotopic (exact) mass is 339 g/mol. The lowest BCUT2D eigenvalue weighted by atomic mass is 10.2. The summed E-state index contributed by atoms with van der Waals surface area (Å²) in [6.45, 7) is 1.39. The average molecular weight is 341 g/mol. The maximum atomic E-state index is 11.7. The zero-order chi connectivity index (χ0) is 12.7. The van der Waals surface area contributed by atoms with Crippen LogP contribution in [-0.4, -0.2) is 31.5 Å². The summed E-state index contributed by atoms with van der Waals surface area (Å²) < 4.78 is 5.81.